The Morgan fingerprint density at radius 2 is 0.310 bits per heavy atom. The fraction of sp³-hybridized carbons (Fsp3) is 1.00. The van der Waals surface area contributed by atoms with Crippen LogP contribution < -0.4 is 0 Å². The van der Waals surface area contributed by atoms with E-state index >= 15 is 0 Å². The molecule has 0 radical (unpaired) electrons. The quantitative estimate of drug-likeness (QED) is 0.0423. The molecule has 0 aromatic heterocycles. The molecule has 0 saturated carbocycles. The molecule has 1 heteroatoms. The van der Waals surface area contributed by atoms with Crippen molar-refractivity contribution in [1.82, 2.24) is 0 Å². The molecular weight excluding hydrogens is 716 g/mol. The predicted molar refractivity (Wildman–Crippen MR) is 277 cm³/mol. The first-order valence-electron chi connectivity index (χ1n) is 28.6. The van der Waals surface area contributed by atoms with Gasteiger partial charge in [-0.25, -0.2) is 0 Å². The first kappa shape index (κ1) is 58.4. The van der Waals surface area contributed by atoms with E-state index in [1.807, 2.05) is 0 Å². The molecule has 0 bridgehead atoms. The molecule has 0 rings (SSSR count). The average Bonchev–Trinajstić information content (AvgIpc) is 3.22. The van der Waals surface area contributed by atoms with Crippen molar-refractivity contribution in [1.29, 1.82) is 0 Å². The van der Waals surface area contributed by atoms with Gasteiger partial charge in [0.25, 0.3) is 0 Å². The first-order chi connectivity index (χ1) is 28.6. The van der Waals surface area contributed by atoms with Crippen molar-refractivity contribution in [2.24, 2.45) is 0 Å². The number of unbranched alkanes of at least 4 members (excludes halogenated alkanes) is 45. The van der Waals surface area contributed by atoms with Gasteiger partial charge in [-0.1, -0.05) is 117 Å². The van der Waals surface area contributed by atoms with Crippen molar-refractivity contribution in [3.05, 3.63) is 0 Å². The van der Waals surface area contributed by atoms with E-state index in [9.17, 15) is 0 Å². The van der Waals surface area contributed by atoms with E-state index in [4.69, 9.17) is 0 Å². The van der Waals surface area contributed by atoms with Gasteiger partial charge < -0.3 is 0 Å². The van der Waals surface area contributed by atoms with Crippen molar-refractivity contribution >= 4 is 7.26 Å². The van der Waals surface area contributed by atoms with Crippen molar-refractivity contribution in [3.8, 4) is 0 Å². The van der Waals surface area contributed by atoms with Gasteiger partial charge in [0.15, 0.2) is 0 Å². The van der Waals surface area contributed by atoms with Gasteiger partial charge in [0, 0.05) is 0 Å². The van der Waals surface area contributed by atoms with Gasteiger partial charge in [-0.05, 0) is 0 Å². The fourth-order valence-corrected chi connectivity index (χ4v) is 15.7. The molecule has 352 valence electrons. The number of hydrogen-bond acceptors (Lipinski definition) is 0. The Labute approximate surface area is 372 Å². The van der Waals surface area contributed by atoms with Crippen LogP contribution in [0.5, 0.6) is 0 Å². The van der Waals surface area contributed by atoms with E-state index < -0.39 is 7.26 Å². The summed E-state index contributed by atoms with van der Waals surface area (Å²) in [6.07, 6.45) is 76.4. The third-order valence-corrected chi connectivity index (χ3v) is 21.3. The Hall–Kier alpha value is 0.430. The van der Waals surface area contributed by atoms with Crippen LogP contribution in [0, 0.1) is 0 Å². The minimum atomic E-state index is -1.19. The molecular formula is C57H119P. The molecule has 0 heterocycles. The van der Waals surface area contributed by atoms with Crippen LogP contribution >= 0.6 is 7.26 Å². The normalized spacial score (nSPS) is 12.4. The summed E-state index contributed by atoms with van der Waals surface area (Å²) in [6.45, 7) is 12.3. The van der Waals surface area contributed by atoms with Gasteiger partial charge in [-0.15, -0.1) is 0 Å². The minimum absolute atomic E-state index is 0.983. The molecule has 0 aliphatic carbocycles. The van der Waals surface area contributed by atoms with Gasteiger partial charge in [0.1, 0.15) is 0 Å². The second-order valence-corrected chi connectivity index (χ2v) is 26.1. The van der Waals surface area contributed by atoms with Crippen LogP contribution in [0.4, 0.5) is 0 Å². The van der Waals surface area contributed by atoms with Crippen molar-refractivity contribution in [3.63, 3.8) is 0 Å². The average molecular weight is 836 g/mol. The predicted octanol–water partition coefficient (Wildman–Crippen LogP) is 21.9. The van der Waals surface area contributed by atoms with Gasteiger partial charge in [-0.3, -0.25) is 0 Å². The second-order valence-electron chi connectivity index (χ2n) is 20.7. The molecule has 0 fully saturated rings. The Balaban J connectivity index is 4.32. The number of hydrogen-bond donors (Lipinski definition) is 0. The first-order valence-corrected chi connectivity index (χ1v) is 31.3. The van der Waals surface area contributed by atoms with E-state index in [2.05, 4.69) is 34.6 Å². The Morgan fingerprint density at radius 1 is 0.190 bits per heavy atom. The zero-order valence-electron chi connectivity index (χ0n) is 42.1. The molecule has 0 unspecified atom stereocenters. The van der Waals surface area contributed by atoms with Crippen molar-refractivity contribution in [2.45, 2.75) is 348 Å². The molecule has 0 aliphatic rings. The summed E-state index contributed by atoms with van der Waals surface area (Å²) < 4.78 is 0. The van der Waals surface area contributed by atoms with Crippen LogP contribution in [0.3, 0.4) is 0 Å². The fourth-order valence-electron chi connectivity index (χ4n) is 10.3. The standard InChI is InChI=1S/C57H119P/c1-6-9-12-15-18-21-24-27-30-33-36-39-42-45-48-51-54-58(57(4)5,55-52-49-46-43-40-37-34-31-28-25-22-19-16-13-10-7-2)56-53-50-47-44-41-38-35-32-29-26-23-20-17-14-11-8-3/h57-58H,6-56H2,1-5H3. The topological polar surface area (TPSA) is 0 Å². The van der Waals surface area contributed by atoms with Gasteiger partial charge in [0.05, 0.1) is 0 Å². The molecule has 0 aliphatic heterocycles. The summed E-state index contributed by atoms with van der Waals surface area (Å²) in [5, 5.41) is 0. The van der Waals surface area contributed by atoms with Gasteiger partial charge in [-0.2, -0.15) is 0 Å². The van der Waals surface area contributed by atoms with Crippen LogP contribution in [-0.2, 0) is 0 Å². The van der Waals surface area contributed by atoms with E-state index in [-0.39, 0.29) is 0 Å². The van der Waals surface area contributed by atoms with Crippen LogP contribution in [-0.4, -0.2) is 24.1 Å². The van der Waals surface area contributed by atoms with E-state index in [0.717, 1.165) is 5.66 Å². The number of rotatable bonds is 52. The van der Waals surface area contributed by atoms with E-state index in [0.29, 0.717) is 0 Å². The maximum atomic E-state index is 2.66. The summed E-state index contributed by atoms with van der Waals surface area (Å²) in [4.78, 5) is 0. The van der Waals surface area contributed by atoms with E-state index in [1.54, 1.807) is 37.7 Å². The summed E-state index contributed by atoms with van der Waals surface area (Å²) >= 11 is 0. The Bertz CT molecular complexity index is 624. The monoisotopic (exact) mass is 835 g/mol. The Morgan fingerprint density at radius 3 is 0.431 bits per heavy atom. The molecule has 0 aromatic carbocycles. The molecule has 0 N–H and O–H groups in total. The molecule has 0 nitrogen and oxygen atoms in total. The molecule has 0 spiro atoms. The van der Waals surface area contributed by atoms with Crippen LogP contribution in [0.2, 0.25) is 0 Å². The van der Waals surface area contributed by atoms with E-state index in [1.165, 1.54) is 289 Å². The third kappa shape index (κ3) is 43.1. The molecule has 58 heavy (non-hydrogen) atoms. The Kier molecular flexibility index (Phi) is 50.5. The third-order valence-electron chi connectivity index (χ3n) is 14.8. The summed E-state index contributed by atoms with van der Waals surface area (Å²) in [7, 11) is -1.19. The van der Waals surface area contributed by atoms with Gasteiger partial charge in [0.2, 0.25) is 0 Å². The summed E-state index contributed by atoms with van der Waals surface area (Å²) in [5.74, 6) is 0. The maximum absolute atomic E-state index is 2.66. The molecule has 0 atom stereocenters. The molecule has 0 saturated heterocycles. The van der Waals surface area contributed by atoms with Crippen molar-refractivity contribution < 1.29 is 0 Å². The van der Waals surface area contributed by atoms with Crippen LogP contribution in [0.25, 0.3) is 0 Å². The molecule has 0 aromatic rings. The van der Waals surface area contributed by atoms with Crippen LogP contribution in [0.15, 0.2) is 0 Å². The van der Waals surface area contributed by atoms with Crippen LogP contribution in [0.1, 0.15) is 343 Å². The summed E-state index contributed by atoms with van der Waals surface area (Å²) in [6, 6.07) is 0. The summed E-state index contributed by atoms with van der Waals surface area (Å²) in [5.41, 5.74) is 0.983. The SMILES string of the molecule is CCCCCCCCCCCCCCCCCC[PH](CCCCCCCCCCCCCCCCCC)(CCCCCCCCCCCCCCCCCC)C(C)C. The zero-order chi connectivity index (χ0) is 42.1. The molecule has 0 amide bonds. The van der Waals surface area contributed by atoms with Gasteiger partial charge >= 0.3 is 257 Å². The zero-order valence-corrected chi connectivity index (χ0v) is 43.1. The van der Waals surface area contributed by atoms with Crippen molar-refractivity contribution in [2.75, 3.05) is 18.5 Å². The second kappa shape index (κ2) is 50.1.